The molecule has 2 saturated carbocycles. The molecule has 0 spiro atoms. The van der Waals surface area contributed by atoms with Crippen LogP contribution in [-0.2, 0) is 11.2 Å². The van der Waals surface area contributed by atoms with Gasteiger partial charge in [-0.05, 0) is 109 Å². The summed E-state index contributed by atoms with van der Waals surface area (Å²) >= 11 is 0. The van der Waals surface area contributed by atoms with E-state index in [4.69, 9.17) is 10.00 Å². The number of nitrogens with zero attached hydrogens (tertiary/aromatic N) is 2. The van der Waals surface area contributed by atoms with Crippen LogP contribution in [0.4, 0.5) is 4.39 Å². The van der Waals surface area contributed by atoms with Crippen LogP contribution in [0.3, 0.4) is 0 Å². The second kappa shape index (κ2) is 12.5. The number of aliphatic hydroxyl groups excluding tert-OH is 1. The number of rotatable bonds is 10. The Morgan fingerprint density at radius 1 is 1.15 bits per heavy atom. The SMILES string of the molecule is COCCN(CCCCCC1Cc2cc(O)ccc2C2C(F)C[C@]3(C)C(O)CCC3C12)C(=O)c1ccc(C#N)cc1. The van der Waals surface area contributed by atoms with Gasteiger partial charge < -0.3 is 19.8 Å². The largest absolute Gasteiger partial charge is 0.508 e. The molecule has 6 nitrogen and oxygen atoms in total. The summed E-state index contributed by atoms with van der Waals surface area (Å²) in [6.07, 6.45) is 5.24. The quantitative estimate of drug-likeness (QED) is 0.346. The molecule has 0 aromatic heterocycles. The van der Waals surface area contributed by atoms with Gasteiger partial charge in [-0.3, -0.25) is 4.79 Å². The van der Waals surface area contributed by atoms with Crippen molar-refractivity contribution < 1.29 is 24.1 Å². The maximum atomic E-state index is 16.0. The van der Waals surface area contributed by atoms with E-state index in [1.165, 1.54) is 0 Å². The number of phenols is 1. The monoisotopic (exact) mass is 562 g/mol. The molecule has 0 heterocycles. The predicted octanol–water partition coefficient (Wildman–Crippen LogP) is 6.00. The third kappa shape index (κ3) is 5.87. The Morgan fingerprint density at radius 2 is 1.93 bits per heavy atom. The van der Waals surface area contributed by atoms with Crippen molar-refractivity contribution in [1.82, 2.24) is 4.90 Å². The number of alkyl halides is 1. The van der Waals surface area contributed by atoms with E-state index in [2.05, 4.69) is 13.0 Å². The number of aliphatic hydroxyl groups is 1. The second-order valence-electron chi connectivity index (χ2n) is 12.7. The Bertz CT molecular complexity index is 1260. The summed E-state index contributed by atoms with van der Waals surface area (Å²) in [7, 11) is 1.63. The fourth-order valence-electron chi connectivity index (χ4n) is 8.31. The number of carbonyl (C=O) groups is 1. The Hall–Kier alpha value is -2.95. The minimum absolute atomic E-state index is 0.0617. The van der Waals surface area contributed by atoms with Crippen molar-refractivity contribution in [3.05, 3.63) is 64.7 Å². The molecule has 7 heteroatoms. The molecule has 3 aliphatic rings. The normalized spacial score (nSPS) is 30.1. The molecule has 7 atom stereocenters. The molecule has 6 unspecified atom stereocenters. The summed E-state index contributed by atoms with van der Waals surface area (Å²) in [5.74, 6) is 0.782. The molecule has 2 N–H and O–H groups in total. The summed E-state index contributed by atoms with van der Waals surface area (Å²) in [5, 5.41) is 30.1. The van der Waals surface area contributed by atoms with Crippen LogP contribution in [0.5, 0.6) is 5.75 Å². The minimum Gasteiger partial charge on any atom is -0.508 e. The first-order valence-corrected chi connectivity index (χ1v) is 15.2. The summed E-state index contributed by atoms with van der Waals surface area (Å²) in [6, 6.07) is 14.3. The number of methoxy groups -OCH3 is 1. The van der Waals surface area contributed by atoms with E-state index in [-0.39, 0.29) is 28.9 Å². The minimum atomic E-state index is -0.998. The Labute approximate surface area is 243 Å². The number of hydrogen-bond acceptors (Lipinski definition) is 5. The molecule has 3 aliphatic carbocycles. The molecular weight excluding hydrogens is 519 g/mol. The van der Waals surface area contributed by atoms with Crippen LogP contribution in [0.15, 0.2) is 42.5 Å². The average molecular weight is 563 g/mol. The fourth-order valence-corrected chi connectivity index (χ4v) is 8.31. The van der Waals surface area contributed by atoms with Crippen LogP contribution in [0, 0.1) is 34.5 Å². The van der Waals surface area contributed by atoms with Crippen molar-refractivity contribution in [1.29, 1.82) is 5.26 Å². The molecule has 2 aromatic carbocycles. The Balaban J connectivity index is 1.25. The van der Waals surface area contributed by atoms with E-state index in [1.54, 1.807) is 37.4 Å². The van der Waals surface area contributed by atoms with Gasteiger partial charge in [0.05, 0.1) is 24.3 Å². The molecular formula is C34H43FN2O4. The highest BCUT2D eigenvalue weighted by Crippen LogP contribution is 2.63. The first kappa shape index (κ1) is 29.5. The molecule has 0 bridgehead atoms. The van der Waals surface area contributed by atoms with E-state index in [0.29, 0.717) is 49.1 Å². The van der Waals surface area contributed by atoms with E-state index < -0.39 is 12.3 Å². The first-order valence-electron chi connectivity index (χ1n) is 15.2. The van der Waals surface area contributed by atoms with E-state index in [9.17, 15) is 15.0 Å². The van der Waals surface area contributed by atoms with Gasteiger partial charge in [-0.25, -0.2) is 4.39 Å². The highest BCUT2D eigenvalue weighted by molar-refractivity contribution is 5.94. The number of phenolic OH excluding ortho intramolecular Hbond substituents is 1. The topological polar surface area (TPSA) is 93.8 Å². The third-order valence-corrected chi connectivity index (χ3v) is 10.4. The lowest BCUT2D eigenvalue weighted by molar-refractivity contribution is -0.0722. The standard InChI is InChI=1S/C34H43FN2O4/c1-34-20-29(35)32-27-12-11-26(38)19-25(27)18-24(31(32)28(34)13-14-30(34)39)6-4-3-5-15-37(16-17-41-2)33(40)23-9-7-22(21-36)8-10-23/h7-12,19,24,28-32,38-39H,3-6,13-18,20H2,1-2H3/t24?,28?,29?,30?,31?,32?,34-/m0/s1. The van der Waals surface area contributed by atoms with E-state index >= 15 is 4.39 Å². The van der Waals surface area contributed by atoms with Crippen LogP contribution < -0.4 is 0 Å². The lowest BCUT2D eigenvalue weighted by Crippen LogP contribution is -2.51. The van der Waals surface area contributed by atoms with Gasteiger partial charge in [0.15, 0.2) is 0 Å². The molecule has 2 fully saturated rings. The van der Waals surface area contributed by atoms with Crippen molar-refractivity contribution in [3.8, 4) is 11.8 Å². The Kier molecular flexibility index (Phi) is 9.01. The lowest BCUT2D eigenvalue weighted by Gasteiger charge is -2.54. The molecule has 1 amide bonds. The maximum Gasteiger partial charge on any atom is 0.253 e. The predicted molar refractivity (Wildman–Crippen MR) is 155 cm³/mol. The van der Waals surface area contributed by atoms with Crippen molar-refractivity contribution >= 4 is 5.91 Å². The molecule has 220 valence electrons. The molecule has 5 rings (SSSR count). The van der Waals surface area contributed by atoms with Crippen LogP contribution in [0.2, 0.25) is 0 Å². The average Bonchev–Trinajstić information content (AvgIpc) is 3.26. The second-order valence-corrected chi connectivity index (χ2v) is 12.7. The summed E-state index contributed by atoms with van der Waals surface area (Å²) in [6.45, 7) is 3.67. The number of nitriles is 1. The van der Waals surface area contributed by atoms with Crippen molar-refractivity contribution in [3.63, 3.8) is 0 Å². The molecule has 0 aliphatic heterocycles. The third-order valence-electron chi connectivity index (χ3n) is 10.4. The van der Waals surface area contributed by atoms with Gasteiger partial charge >= 0.3 is 0 Å². The molecule has 41 heavy (non-hydrogen) atoms. The van der Waals surface area contributed by atoms with E-state index in [0.717, 1.165) is 56.1 Å². The smallest absolute Gasteiger partial charge is 0.253 e. The van der Waals surface area contributed by atoms with E-state index in [1.807, 2.05) is 17.0 Å². The Morgan fingerprint density at radius 3 is 2.66 bits per heavy atom. The number of halogens is 1. The summed E-state index contributed by atoms with van der Waals surface area (Å²) in [5.41, 5.74) is 2.84. The van der Waals surface area contributed by atoms with Gasteiger partial charge in [0.1, 0.15) is 11.9 Å². The maximum absolute atomic E-state index is 16.0. The van der Waals surface area contributed by atoms with Crippen molar-refractivity contribution in [2.75, 3.05) is 26.8 Å². The first-order chi connectivity index (χ1) is 19.8. The number of aromatic hydroxyl groups is 1. The molecule has 0 saturated heterocycles. The lowest BCUT2D eigenvalue weighted by atomic mass is 9.51. The number of unbranched alkanes of at least 4 members (excludes halogenated alkanes) is 2. The highest BCUT2D eigenvalue weighted by atomic mass is 19.1. The molecule has 2 aromatic rings. The van der Waals surface area contributed by atoms with Crippen molar-refractivity contribution in [2.24, 2.45) is 23.2 Å². The number of benzene rings is 2. The number of fused-ring (bicyclic) bond motifs is 5. The summed E-state index contributed by atoms with van der Waals surface area (Å²) in [4.78, 5) is 15.0. The van der Waals surface area contributed by atoms with Gasteiger partial charge in [0.2, 0.25) is 0 Å². The van der Waals surface area contributed by atoms with Crippen molar-refractivity contribution in [2.45, 2.75) is 76.5 Å². The van der Waals surface area contributed by atoms with Gasteiger partial charge in [-0.15, -0.1) is 0 Å². The zero-order valence-corrected chi connectivity index (χ0v) is 24.3. The zero-order valence-electron chi connectivity index (χ0n) is 24.3. The van der Waals surface area contributed by atoms with Gasteiger partial charge in [-0.1, -0.05) is 25.8 Å². The van der Waals surface area contributed by atoms with Crippen LogP contribution in [0.25, 0.3) is 0 Å². The highest BCUT2D eigenvalue weighted by Gasteiger charge is 2.59. The number of hydrogen-bond donors (Lipinski definition) is 2. The van der Waals surface area contributed by atoms with Gasteiger partial charge in [0, 0.05) is 31.7 Å². The zero-order chi connectivity index (χ0) is 29.1. The van der Waals surface area contributed by atoms with Crippen LogP contribution in [-0.4, -0.2) is 60.1 Å². The van der Waals surface area contributed by atoms with Gasteiger partial charge in [-0.2, -0.15) is 5.26 Å². The summed E-state index contributed by atoms with van der Waals surface area (Å²) < 4.78 is 21.2. The number of ether oxygens (including phenoxy) is 1. The number of amides is 1. The number of carbonyl (C=O) groups excluding carboxylic acids is 1. The fraction of sp³-hybridized carbons (Fsp3) is 0.588. The van der Waals surface area contributed by atoms with Gasteiger partial charge in [0.25, 0.3) is 5.91 Å². The molecule has 0 radical (unpaired) electrons. The van der Waals surface area contributed by atoms with Crippen LogP contribution >= 0.6 is 0 Å². The van der Waals surface area contributed by atoms with Crippen LogP contribution in [0.1, 0.15) is 84.8 Å².